The van der Waals surface area contributed by atoms with Gasteiger partial charge < -0.3 is 20.3 Å². The predicted molar refractivity (Wildman–Crippen MR) is 76.9 cm³/mol. The fourth-order valence-electron chi connectivity index (χ4n) is 1.74. The molecule has 20 heavy (non-hydrogen) atoms. The second kappa shape index (κ2) is 7.26. The third-order valence-corrected chi connectivity index (χ3v) is 3.13. The minimum atomic E-state index is -0.994. The summed E-state index contributed by atoms with van der Waals surface area (Å²) in [5.41, 5.74) is -0.561. The van der Waals surface area contributed by atoms with Crippen molar-refractivity contribution in [1.29, 1.82) is 0 Å². The third-order valence-electron chi connectivity index (χ3n) is 3.13. The van der Waals surface area contributed by atoms with Gasteiger partial charge in [-0.15, -0.1) is 0 Å². The number of hydrogen-bond donors (Lipinski definition) is 3. The Balaban J connectivity index is 2.86. The second-order valence-corrected chi connectivity index (χ2v) is 5.10. The zero-order chi connectivity index (χ0) is 15.2. The van der Waals surface area contributed by atoms with E-state index in [1.54, 1.807) is 31.2 Å². The van der Waals surface area contributed by atoms with Gasteiger partial charge in [0.2, 0.25) is 0 Å². The standard InChI is InChI=1S/C15H23NO4/c1-4-15(9-17,10-18)16-14(19)12-6-5-7-13(8-12)20-11(2)3/h5-8,11,17-18H,4,9-10H2,1-3H3,(H,16,19). The molecule has 0 saturated heterocycles. The van der Waals surface area contributed by atoms with E-state index in [1.165, 1.54) is 0 Å². The zero-order valence-electron chi connectivity index (χ0n) is 12.2. The first-order valence-electron chi connectivity index (χ1n) is 6.77. The van der Waals surface area contributed by atoms with Gasteiger partial charge in [-0.25, -0.2) is 0 Å². The van der Waals surface area contributed by atoms with E-state index in [0.29, 0.717) is 17.7 Å². The van der Waals surface area contributed by atoms with Crippen LogP contribution in [0.4, 0.5) is 0 Å². The second-order valence-electron chi connectivity index (χ2n) is 5.10. The normalized spacial score (nSPS) is 11.5. The Hall–Kier alpha value is -1.59. The summed E-state index contributed by atoms with van der Waals surface area (Å²) in [5, 5.41) is 21.4. The lowest BCUT2D eigenvalue weighted by atomic mass is 9.98. The van der Waals surface area contributed by atoms with Crippen molar-refractivity contribution in [1.82, 2.24) is 5.32 Å². The Labute approximate surface area is 119 Å². The van der Waals surface area contributed by atoms with Gasteiger partial charge in [-0.3, -0.25) is 4.79 Å². The van der Waals surface area contributed by atoms with Crippen LogP contribution in [0.2, 0.25) is 0 Å². The summed E-state index contributed by atoms with van der Waals surface area (Å²) in [6, 6.07) is 6.82. The van der Waals surface area contributed by atoms with Gasteiger partial charge in [-0.1, -0.05) is 13.0 Å². The molecule has 0 spiro atoms. The molecule has 0 bridgehead atoms. The average Bonchev–Trinajstić information content (AvgIpc) is 2.44. The van der Waals surface area contributed by atoms with Gasteiger partial charge in [-0.2, -0.15) is 0 Å². The lowest BCUT2D eigenvalue weighted by Gasteiger charge is -2.29. The Bertz CT molecular complexity index is 433. The van der Waals surface area contributed by atoms with Crippen LogP contribution in [0.3, 0.4) is 0 Å². The molecule has 0 aliphatic heterocycles. The van der Waals surface area contributed by atoms with E-state index in [4.69, 9.17) is 4.74 Å². The number of carbonyl (C=O) groups is 1. The molecular weight excluding hydrogens is 258 g/mol. The van der Waals surface area contributed by atoms with Gasteiger partial charge in [0.25, 0.3) is 5.91 Å². The van der Waals surface area contributed by atoms with Crippen molar-refractivity contribution >= 4 is 5.91 Å². The molecule has 0 unspecified atom stereocenters. The SMILES string of the molecule is CCC(CO)(CO)NC(=O)c1cccc(OC(C)C)c1. The highest BCUT2D eigenvalue weighted by molar-refractivity contribution is 5.95. The van der Waals surface area contributed by atoms with E-state index in [1.807, 2.05) is 13.8 Å². The molecular formula is C15H23NO4. The molecule has 0 aliphatic rings. The van der Waals surface area contributed by atoms with Crippen molar-refractivity contribution in [2.45, 2.75) is 38.8 Å². The molecule has 3 N–H and O–H groups in total. The molecule has 112 valence electrons. The maximum atomic E-state index is 12.2. The van der Waals surface area contributed by atoms with Crippen molar-refractivity contribution in [3.05, 3.63) is 29.8 Å². The van der Waals surface area contributed by atoms with Gasteiger partial charge in [0, 0.05) is 5.56 Å². The highest BCUT2D eigenvalue weighted by Gasteiger charge is 2.28. The minimum Gasteiger partial charge on any atom is -0.491 e. The summed E-state index contributed by atoms with van der Waals surface area (Å²) in [6.45, 7) is 4.99. The third kappa shape index (κ3) is 4.21. The molecule has 0 aromatic heterocycles. The zero-order valence-corrected chi connectivity index (χ0v) is 12.2. The van der Waals surface area contributed by atoms with Crippen LogP contribution >= 0.6 is 0 Å². The van der Waals surface area contributed by atoms with Crippen LogP contribution in [0.15, 0.2) is 24.3 Å². The number of ether oxygens (including phenoxy) is 1. The first-order chi connectivity index (χ1) is 9.46. The quantitative estimate of drug-likeness (QED) is 0.704. The fraction of sp³-hybridized carbons (Fsp3) is 0.533. The maximum absolute atomic E-state index is 12.2. The van der Waals surface area contributed by atoms with E-state index < -0.39 is 5.54 Å². The molecule has 1 aromatic carbocycles. The Morgan fingerprint density at radius 3 is 2.50 bits per heavy atom. The van der Waals surface area contributed by atoms with Crippen LogP contribution in [0, 0.1) is 0 Å². The molecule has 0 aliphatic carbocycles. The summed E-state index contributed by atoms with van der Waals surface area (Å²) < 4.78 is 5.54. The number of carbonyl (C=O) groups excluding carboxylic acids is 1. The monoisotopic (exact) mass is 281 g/mol. The van der Waals surface area contributed by atoms with Gasteiger partial charge in [0.1, 0.15) is 5.75 Å². The van der Waals surface area contributed by atoms with Crippen LogP contribution in [0.5, 0.6) is 5.75 Å². The van der Waals surface area contributed by atoms with Crippen LogP contribution in [0.1, 0.15) is 37.6 Å². The van der Waals surface area contributed by atoms with Crippen molar-refractivity contribution in [3.63, 3.8) is 0 Å². The van der Waals surface area contributed by atoms with E-state index in [0.717, 1.165) is 0 Å². The number of hydrogen-bond acceptors (Lipinski definition) is 4. The molecule has 0 saturated carbocycles. The van der Waals surface area contributed by atoms with Gasteiger partial charge in [-0.05, 0) is 38.5 Å². The molecule has 1 aromatic rings. The van der Waals surface area contributed by atoms with Crippen molar-refractivity contribution in [2.24, 2.45) is 0 Å². The largest absolute Gasteiger partial charge is 0.491 e. The summed E-state index contributed by atoms with van der Waals surface area (Å²) in [5.74, 6) is 0.270. The molecule has 0 radical (unpaired) electrons. The molecule has 0 heterocycles. The first kappa shape index (κ1) is 16.5. The molecule has 0 fully saturated rings. The van der Waals surface area contributed by atoms with Crippen LogP contribution in [-0.2, 0) is 0 Å². The Morgan fingerprint density at radius 2 is 2.00 bits per heavy atom. The number of aliphatic hydroxyl groups excluding tert-OH is 2. The van der Waals surface area contributed by atoms with Crippen LogP contribution < -0.4 is 10.1 Å². The van der Waals surface area contributed by atoms with E-state index in [9.17, 15) is 15.0 Å². The van der Waals surface area contributed by atoms with Gasteiger partial charge >= 0.3 is 0 Å². The van der Waals surface area contributed by atoms with Gasteiger partial charge in [0.05, 0.1) is 24.9 Å². The topological polar surface area (TPSA) is 78.8 Å². The lowest BCUT2D eigenvalue weighted by molar-refractivity contribution is 0.0652. The highest BCUT2D eigenvalue weighted by atomic mass is 16.5. The van der Waals surface area contributed by atoms with E-state index in [-0.39, 0.29) is 25.2 Å². The van der Waals surface area contributed by atoms with Crippen molar-refractivity contribution in [3.8, 4) is 5.75 Å². The van der Waals surface area contributed by atoms with Crippen molar-refractivity contribution in [2.75, 3.05) is 13.2 Å². The van der Waals surface area contributed by atoms with E-state index in [2.05, 4.69) is 5.32 Å². The molecule has 1 amide bonds. The smallest absolute Gasteiger partial charge is 0.252 e. The summed E-state index contributed by atoms with van der Waals surface area (Å²) in [7, 11) is 0. The van der Waals surface area contributed by atoms with Crippen molar-refractivity contribution < 1.29 is 19.7 Å². The molecule has 5 nitrogen and oxygen atoms in total. The predicted octanol–water partition coefficient (Wildman–Crippen LogP) is 1.34. The Morgan fingerprint density at radius 1 is 1.35 bits per heavy atom. The number of benzene rings is 1. The van der Waals surface area contributed by atoms with Gasteiger partial charge in [0.15, 0.2) is 0 Å². The summed E-state index contributed by atoms with van der Waals surface area (Å²) in [6.07, 6.45) is 0.464. The lowest BCUT2D eigenvalue weighted by Crippen LogP contribution is -2.53. The molecule has 5 heteroatoms. The summed E-state index contributed by atoms with van der Waals surface area (Å²) >= 11 is 0. The Kier molecular flexibility index (Phi) is 5.98. The fourth-order valence-corrected chi connectivity index (χ4v) is 1.74. The first-order valence-corrected chi connectivity index (χ1v) is 6.77. The number of aliphatic hydroxyl groups is 2. The summed E-state index contributed by atoms with van der Waals surface area (Å²) in [4.78, 5) is 12.2. The van der Waals surface area contributed by atoms with Crippen LogP contribution in [0.25, 0.3) is 0 Å². The maximum Gasteiger partial charge on any atom is 0.252 e. The number of nitrogens with one attached hydrogen (secondary N) is 1. The number of rotatable bonds is 7. The number of amides is 1. The average molecular weight is 281 g/mol. The highest BCUT2D eigenvalue weighted by Crippen LogP contribution is 2.16. The van der Waals surface area contributed by atoms with Crippen LogP contribution in [-0.4, -0.2) is 41.0 Å². The van der Waals surface area contributed by atoms with E-state index >= 15 is 0 Å². The minimum absolute atomic E-state index is 0.0259. The molecule has 1 rings (SSSR count). The molecule has 0 atom stereocenters.